The number of hydrogen-bond donors (Lipinski definition) is 3. The highest BCUT2D eigenvalue weighted by Crippen LogP contribution is 2.37. The Kier molecular flexibility index (Phi) is 6.93. The number of aliphatic hydroxyl groups is 1. The summed E-state index contributed by atoms with van der Waals surface area (Å²) in [5.74, 6) is -1.19. The zero-order valence-corrected chi connectivity index (χ0v) is 19.1. The average molecular weight is 503 g/mol. The van der Waals surface area contributed by atoms with E-state index in [4.69, 9.17) is 20.9 Å². The lowest BCUT2D eigenvalue weighted by Crippen LogP contribution is -2.59. The van der Waals surface area contributed by atoms with Gasteiger partial charge < -0.3 is 29.5 Å². The summed E-state index contributed by atoms with van der Waals surface area (Å²) in [5, 5.41) is 14.0. The Morgan fingerprint density at radius 2 is 2.03 bits per heavy atom. The summed E-state index contributed by atoms with van der Waals surface area (Å²) in [7, 11) is -3.44. The van der Waals surface area contributed by atoms with Gasteiger partial charge >= 0.3 is 8.25 Å². The molecular weight excluding hydrogens is 481 g/mol. The van der Waals surface area contributed by atoms with Crippen LogP contribution in [0.1, 0.15) is 18.4 Å². The van der Waals surface area contributed by atoms with Crippen molar-refractivity contribution < 1.29 is 37.4 Å². The molecule has 178 valence electrons. The van der Waals surface area contributed by atoms with Gasteiger partial charge in [-0.05, 0) is 43.2 Å². The number of amides is 1. The number of carbonyl (C=O) groups excluding carboxylic acids is 1. The molecule has 3 atom stereocenters. The molecule has 0 aromatic heterocycles. The van der Waals surface area contributed by atoms with Gasteiger partial charge in [-0.1, -0.05) is 11.6 Å². The minimum Gasteiger partial charge on any atom is -0.490 e. The van der Waals surface area contributed by atoms with Crippen LogP contribution in [-0.2, 0) is 20.3 Å². The maximum absolute atomic E-state index is 14.4. The standard InChI is InChI=1S/C21H22ClF2N2O6P/c22-12-1-4-16(15(24)9-12)26-8-7-21(28,18(10-26)32-33(29)30)11-31-17-5-3-14(23)20-13(17)2-6-19(27)25-20/h1,3-5,9,18,28,33H,2,6-8,10-11H2,(H,25,27)(H,29,30)/t18-,21-/m1/s1. The minimum absolute atomic E-state index is 0.0367. The molecule has 0 saturated carbocycles. The number of carbonyl (C=O) groups is 1. The number of anilines is 2. The molecule has 1 fully saturated rings. The number of hydrogen-bond acceptors (Lipinski definition) is 6. The summed E-state index contributed by atoms with van der Waals surface area (Å²) in [6, 6.07) is 6.71. The molecule has 1 saturated heterocycles. The van der Waals surface area contributed by atoms with E-state index in [0.717, 1.165) is 12.1 Å². The highest BCUT2D eigenvalue weighted by atomic mass is 35.5. The van der Waals surface area contributed by atoms with Crippen LogP contribution in [0.2, 0.25) is 5.02 Å². The molecule has 2 aliphatic heterocycles. The van der Waals surface area contributed by atoms with E-state index < -0.39 is 31.6 Å². The van der Waals surface area contributed by atoms with Crippen molar-refractivity contribution in [2.75, 3.05) is 29.9 Å². The molecule has 33 heavy (non-hydrogen) atoms. The van der Waals surface area contributed by atoms with Crippen molar-refractivity contribution in [2.45, 2.75) is 31.0 Å². The van der Waals surface area contributed by atoms with Crippen LogP contribution in [0.15, 0.2) is 30.3 Å². The molecule has 0 radical (unpaired) electrons. The minimum atomic E-state index is -3.44. The molecular formula is C21H22ClF2N2O6P. The molecule has 0 spiro atoms. The van der Waals surface area contributed by atoms with Gasteiger partial charge in [-0.15, -0.1) is 0 Å². The Labute approximate surface area is 194 Å². The first-order valence-corrected chi connectivity index (χ1v) is 11.9. The molecule has 3 N–H and O–H groups in total. The van der Waals surface area contributed by atoms with Crippen LogP contribution in [0.4, 0.5) is 20.2 Å². The average Bonchev–Trinajstić information content (AvgIpc) is 2.75. The van der Waals surface area contributed by atoms with Crippen LogP contribution in [0.3, 0.4) is 0 Å². The van der Waals surface area contributed by atoms with E-state index in [1.165, 1.54) is 18.2 Å². The fourth-order valence-corrected chi connectivity index (χ4v) is 4.80. The first-order chi connectivity index (χ1) is 15.7. The quantitative estimate of drug-likeness (QED) is 0.520. The molecule has 2 aromatic rings. The Hall–Kier alpha value is -2.23. The maximum Gasteiger partial charge on any atom is 0.317 e. The van der Waals surface area contributed by atoms with Crippen LogP contribution in [0.25, 0.3) is 0 Å². The third-order valence-electron chi connectivity index (χ3n) is 5.86. The van der Waals surface area contributed by atoms with Crippen molar-refractivity contribution in [2.24, 2.45) is 0 Å². The Bertz CT molecular complexity index is 1110. The number of halogens is 3. The molecule has 4 rings (SSSR count). The number of fused-ring (bicyclic) bond motifs is 1. The van der Waals surface area contributed by atoms with Gasteiger partial charge in [-0.3, -0.25) is 9.36 Å². The van der Waals surface area contributed by atoms with E-state index in [-0.39, 0.29) is 67.0 Å². The zero-order chi connectivity index (χ0) is 23.8. The van der Waals surface area contributed by atoms with E-state index in [2.05, 4.69) is 5.32 Å². The van der Waals surface area contributed by atoms with E-state index >= 15 is 0 Å². The summed E-state index contributed by atoms with van der Waals surface area (Å²) in [6.07, 6.45) is -0.708. The second kappa shape index (κ2) is 9.56. The van der Waals surface area contributed by atoms with Gasteiger partial charge in [-0.2, -0.15) is 0 Å². The molecule has 0 bridgehead atoms. The molecule has 2 aromatic carbocycles. The first kappa shape index (κ1) is 23.9. The van der Waals surface area contributed by atoms with Gasteiger partial charge in [-0.25, -0.2) is 8.78 Å². The maximum atomic E-state index is 14.4. The molecule has 1 unspecified atom stereocenters. The Balaban J connectivity index is 1.54. The van der Waals surface area contributed by atoms with Crippen molar-refractivity contribution in [1.82, 2.24) is 0 Å². The van der Waals surface area contributed by atoms with Gasteiger partial charge in [0.25, 0.3) is 0 Å². The fourth-order valence-electron chi connectivity index (χ4n) is 4.10. The van der Waals surface area contributed by atoms with Crippen LogP contribution in [0, 0.1) is 11.6 Å². The third-order valence-corrected chi connectivity index (χ3v) is 6.58. The largest absolute Gasteiger partial charge is 0.490 e. The monoisotopic (exact) mass is 502 g/mol. The lowest BCUT2D eigenvalue weighted by atomic mass is 9.89. The van der Waals surface area contributed by atoms with Crippen molar-refractivity contribution in [3.05, 3.63) is 52.6 Å². The summed E-state index contributed by atoms with van der Waals surface area (Å²) in [4.78, 5) is 22.6. The van der Waals surface area contributed by atoms with E-state index in [1.54, 1.807) is 4.90 Å². The normalized spacial score (nSPS) is 23.6. The zero-order valence-electron chi connectivity index (χ0n) is 17.3. The first-order valence-electron chi connectivity index (χ1n) is 10.2. The summed E-state index contributed by atoms with van der Waals surface area (Å²) < 4.78 is 50.9. The molecule has 2 aliphatic rings. The number of piperidine rings is 1. The van der Waals surface area contributed by atoms with Crippen LogP contribution < -0.4 is 15.0 Å². The lowest BCUT2D eigenvalue weighted by Gasteiger charge is -2.44. The summed E-state index contributed by atoms with van der Waals surface area (Å²) in [6.45, 7) is -0.190. The SMILES string of the molecule is O=C1CCc2c(OC[C@]3(O)CCN(c4ccc(Cl)cc4F)C[C@H]3O[PH](=O)O)ccc(F)c2N1. The molecule has 2 heterocycles. The number of nitrogens with one attached hydrogen (secondary N) is 1. The molecule has 1 amide bonds. The number of ether oxygens (including phenoxy) is 1. The van der Waals surface area contributed by atoms with Crippen LogP contribution in [-0.4, -0.2) is 47.3 Å². The highest BCUT2D eigenvalue weighted by molar-refractivity contribution is 7.32. The third kappa shape index (κ3) is 5.15. The van der Waals surface area contributed by atoms with Gasteiger partial charge in [0, 0.05) is 30.1 Å². The molecule has 8 nitrogen and oxygen atoms in total. The second-order valence-electron chi connectivity index (χ2n) is 8.00. The predicted molar refractivity (Wildman–Crippen MR) is 118 cm³/mol. The predicted octanol–water partition coefficient (Wildman–Crippen LogP) is 3.29. The Morgan fingerprint density at radius 3 is 2.76 bits per heavy atom. The van der Waals surface area contributed by atoms with Gasteiger partial charge in [0.1, 0.15) is 35.7 Å². The highest BCUT2D eigenvalue weighted by Gasteiger charge is 2.45. The summed E-state index contributed by atoms with van der Waals surface area (Å²) in [5.41, 5.74) is -0.956. The topological polar surface area (TPSA) is 108 Å². The Morgan fingerprint density at radius 1 is 1.24 bits per heavy atom. The smallest absolute Gasteiger partial charge is 0.317 e. The van der Waals surface area contributed by atoms with Crippen molar-refractivity contribution in [3.8, 4) is 5.75 Å². The van der Waals surface area contributed by atoms with E-state index in [0.29, 0.717) is 5.56 Å². The van der Waals surface area contributed by atoms with Crippen LogP contribution >= 0.6 is 19.9 Å². The number of rotatable bonds is 6. The van der Waals surface area contributed by atoms with Gasteiger partial charge in [0.15, 0.2) is 0 Å². The number of benzene rings is 2. The molecule has 12 heteroatoms. The van der Waals surface area contributed by atoms with Crippen molar-refractivity contribution in [1.29, 1.82) is 0 Å². The number of nitrogens with zero attached hydrogens (tertiary/aromatic N) is 1. The van der Waals surface area contributed by atoms with E-state index in [1.807, 2.05) is 0 Å². The van der Waals surface area contributed by atoms with Crippen LogP contribution in [0.5, 0.6) is 5.75 Å². The summed E-state index contributed by atoms with van der Waals surface area (Å²) >= 11 is 5.81. The molecule has 0 aliphatic carbocycles. The van der Waals surface area contributed by atoms with Crippen molar-refractivity contribution in [3.63, 3.8) is 0 Å². The van der Waals surface area contributed by atoms with Gasteiger partial charge in [0.05, 0.1) is 11.4 Å². The lowest BCUT2D eigenvalue weighted by molar-refractivity contribution is -0.116. The van der Waals surface area contributed by atoms with Gasteiger partial charge in [0.2, 0.25) is 5.91 Å². The van der Waals surface area contributed by atoms with Crippen molar-refractivity contribution >= 4 is 37.1 Å². The van der Waals surface area contributed by atoms with E-state index in [9.17, 15) is 28.1 Å². The fraction of sp³-hybridized carbons (Fsp3) is 0.381. The second-order valence-corrected chi connectivity index (χ2v) is 9.21.